The predicted molar refractivity (Wildman–Crippen MR) is 297 cm³/mol. The van der Waals surface area contributed by atoms with E-state index in [0.29, 0.717) is 30.1 Å². The third kappa shape index (κ3) is 13.5. The Balaban J connectivity index is 1.26. The van der Waals surface area contributed by atoms with Gasteiger partial charge in [-0.15, -0.1) is 0 Å². The molecule has 4 aromatic rings. The number of aromatic amines is 1. The number of unbranched alkanes of at least 4 members (excludes halogenated alkanes) is 13. The number of aromatic nitrogens is 2. The molecule has 7 atom stereocenters. The van der Waals surface area contributed by atoms with Gasteiger partial charge in [-0.05, 0) is 94.3 Å². The largest absolute Gasteiger partial charge is 0.497 e. The molecule has 3 aliphatic rings. The highest BCUT2D eigenvalue weighted by molar-refractivity contribution is 7.44. The summed E-state index contributed by atoms with van der Waals surface area (Å²) in [4.78, 5) is 43.9. The Kier molecular flexibility index (Phi) is 21.4. The van der Waals surface area contributed by atoms with E-state index in [-0.39, 0.29) is 49.8 Å². The molecule has 7 rings (SSSR count). The zero-order chi connectivity index (χ0) is 54.3. The number of carbonyl (C=O) groups excluding carboxylic acids is 1. The standard InChI is InChI=1S/C61H85N4O10P/c1-9-10-11-12-13-14-15-16-17-18-19-20-21-25-38-71-55(66)40-52-53-41-59(53,74-61(47-27-23-22-24-28-47,48-29-33-50(69-7)34-30-48)49-31-35-51(70-8)36-32-49)57-60(52,42-54(73-57)64-43-46(6)56(67)63-58(64)68)75-76(72-39-26-37-62)65(44(2)3)45(4)5/h22-24,27-36,43-45,52-54,57H,9-21,25-26,38-42H2,1-8H3,(H,63,67,68)/t52-,53?,54+,57?,59+,60+,76?/m0/s1. The van der Waals surface area contributed by atoms with Gasteiger partial charge < -0.3 is 32.7 Å². The normalized spacial score (nSPS) is 22.1. The Bertz CT molecular complexity index is 2550. The smallest absolute Gasteiger partial charge is 0.330 e. The number of nitrogens with one attached hydrogen (secondary N) is 1. The van der Waals surface area contributed by atoms with E-state index in [9.17, 15) is 19.6 Å². The van der Waals surface area contributed by atoms with Crippen LogP contribution in [0.15, 0.2) is 94.6 Å². The van der Waals surface area contributed by atoms with Gasteiger partial charge in [0, 0.05) is 36.2 Å². The number of ether oxygens (including phenoxy) is 5. The van der Waals surface area contributed by atoms with Crippen LogP contribution in [0.4, 0.5) is 0 Å². The molecule has 0 amide bonds. The second kappa shape index (κ2) is 27.6. The van der Waals surface area contributed by atoms with Crippen LogP contribution in [0.1, 0.15) is 179 Å². The van der Waals surface area contributed by atoms with Crippen molar-refractivity contribution in [3.63, 3.8) is 0 Å². The van der Waals surface area contributed by atoms with E-state index in [0.717, 1.165) is 36.0 Å². The molecule has 14 nitrogen and oxygen atoms in total. The molecule has 1 aliphatic heterocycles. The van der Waals surface area contributed by atoms with Gasteiger partial charge in [0.1, 0.15) is 40.6 Å². The summed E-state index contributed by atoms with van der Waals surface area (Å²) in [5.74, 6) is 0.178. The third-order valence-electron chi connectivity index (χ3n) is 15.8. The minimum absolute atomic E-state index is 0.00531. The molecular formula is C61H85N4O10P. The molecule has 414 valence electrons. The zero-order valence-corrected chi connectivity index (χ0v) is 47.5. The number of benzene rings is 3. The van der Waals surface area contributed by atoms with E-state index < -0.39 is 54.8 Å². The highest BCUT2D eigenvalue weighted by Crippen LogP contribution is 2.75. The van der Waals surface area contributed by atoms with Crippen LogP contribution in [0.3, 0.4) is 0 Å². The zero-order valence-electron chi connectivity index (χ0n) is 46.6. The topological polar surface area (TPSA) is 164 Å². The van der Waals surface area contributed by atoms with Gasteiger partial charge in [-0.2, -0.15) is 5.26 Å². The van der Waals surface area contributed by atoms with E-state index in [1.165, 1.54) is 81.4 Å². The average molecular weight is 1070 g/mol. The monoisotopic (exact) mass is 1060 g/mol. The minimum Gasteiger partial charge on any atom is -0.497 e. The molecule has 1 aromatic heterocycles. The summed E-state index contributed by atoms with van der Waals surface area (Å²) in [6.07, 6.45) is 17.7. The Morgan fingerprint density at radius 3 is 1.84 bits per heavy atom. The SMILES string of the molecule is CCCCCCCCCCCCCCCCOC(=O)C[C@H]1C2C[C@]2(OC(c2ccccc2)(c2ccc(OC)cc2)c2ccc(OC)cc2)C2O[C@@H](n3cc(C)c(=O)[nH]c3=O)C[C@]21OP(OCCC#N)N(C(C)C)C(C)C. The van der Waals surface area contributed by atoms with Gasteiger partial charge in [0.2, 0.25) is 0 Å². The van der Waals surface area contributed by atoms with Crippen molar-refractivity contribution in [2.45, 2.75) is 198 Å². The maximum absolute atomic E-state index is 14.6. The van der Waals surface area contributed by atoms with E-state index >= 15 is 0 Å². The van der Waals surface area contributed by atoms with Gasteiger partial charge in [-0.3, -0.25) is 19.1 Å². The second-order valence-corrected chi connectivity index (χ2v) is 23.1. The van der Waals surface area contributed by atoms with E-state index in [1.807, 2.05) is 66.7 Å². The Labute approximate surface area is 453 Å². The number of hydrogen-bond acceptors (Lipinski definition) is 12. The fourth-order valence-corrected chi connectivity index (χ4v) is 13.9. The number of esters is 1. The van der Waals surface area contributed by atoms with E-state index in [1.54, 1.807) is 21.1 Å². The maximum atomic E-state index is 14.6. The molecule has 76 heavy (non-hydrogen) atoms. The molecule has 2 aliphatic carbocycles. The Morgan fingerprint density at radius 2 is 1.32 bits per heavy atom. The fraction of sp³-hybridized carbons (Fsp3) is 0.607. The predicted octanol–water partition coefficient (Wildman–Crippen LogP) is 13.0. The number of nitriles is 1. The number of H-pyrrole nitrogens is 1. The number of carbonyl (C=O) groups is 1. The molecule has 1 saturated heterocycles. The van der Waals surface area contributed by atoms with Crippen LogP contribution < -0.4 is 20.7 Å². The highest BCUT2D eigenvalue weighted by atomic mass is 31.2. The lowest BCUT2D eigenvalue weighted by Gasteiger charge is -2.45. The summed E-state index contributed by atoms with van der Waals surface area (Å²) in [5.41, 5.74) is -2.01. The quantitative estimate of drug-likeness (QED) is 0.0208. The van der Waals surface area contributed by atoms with Crippen LogP contribution in [-0.2, 0) is 33.7 Å². The van der Waals surface area contributed by atoms with Crippen molar-refractivity contribution >= 4 is 14.5 Å². The number of aryl methyl sites for hydroxylation is 1. The Hall–Kier alpha value is -4.87. The third-order valence-corrected chi connectivity index (χ3v) is 18.0. The summed E-state index contributed by atoms with van der Waals surface area (Å²) in [7, 11) is 1.34. The van der Waals surface area contributed by atoms with Crippen molar-refractivity contribution in [2.24, 2.45) is 11.8 Å². The van der Waals surface area contributed by atoms with Gasteiger partial charge in [-0.1, -0.05) is 145 Å². The van der Waals surface area contributed by atoms with Crippen LogP contribution in [-0.4, -0.2) is 77.0 Å². The molecule has 15 heteroatoms. The first-order valence-corrected chi connectivity index (χ1v) is 29.4. The van der Waals surface area contributed by atoms with E-state index in [4.69, 9.17) is 32.7 Å². The Morgan fingerprint density at radius 1 is 0.776 bits per heavy atom. The molecule has 0 bridgehead atoms. The van der Waals surface area contributed by atoms with Crippen molar-refractivity contribution in [3.8, 4) is 17.6 Å². The maximum Gasteiger partial charge on any atom is 0.330 e. The molecule has 0 radical (unpaired) electrons. The first kappa shape index (κ1) is 58.8. The van der Waals surface area contributed by atoms with E-state index in [2.05, 4.69) is 62.5 Å². The number of methoxy groups -OCH3 is 2. The number of hydrogen-bond donors (Lipinski definition) is 1. The first-order valence-electron chi connectivity index (χ1n) is 28.2. The lowest BCUT2D eigenvalue weighted by Crippen LogP contribution is -2.52. The summed E-state index contributed by atoms with van der Waals surface area (Å²) in [6.45, 7) is 12.7. The average Bonchev–Trinajstić information content (AvgIpc) is 4.08. The van der Waals surface area contributed by atoms with Gasteiger partial charge in [0.15, 0.2) is 0 Å². The first-order chi connectivity index (χ1) is 36.8. The summed E-state index contributed by atoms with van der Waals surface area (Å²) in [5, 5.41) is 9.73. The second-order valence-electron chi connectivity index (χ2n) is 21.7. The van der Waals surface area contributed by atoms with Crippen LogP contribution >= 0.6 is 8.53 Å². The number of fused-ring (bicyclic) bond motifs is 3. The summed E-state index contributed by atoms with van der Waals surface area (Å²) in [6, 6.07) is 28.0. The highest BCUT2D eigenvalue weighted by Gasteiger charge is 2.83. The summed E-state index contributed by atoms with van der Waals surface area (Å²) < 4.78 is 50.9. The van der Waals surface area contributed by atoms with Crippen LogP contribution in [0.2, 0.25) is 0 Å². The van der Waals surface area contributed by atoms with Crippen molar-refractivity contribution in [2.75, 3.05) is 27.4 Å². The molecule has 0 spiro atoms. The van der Waals surface area contributed by atoms with Crippen molar-refractivity contribution in [3.05, 3.63) is 128 Å². The molecule has 2 saturated carbocycles. The molecule has 3 aromatic carbocycles. The molecule has 3 unspecified atom stereocenters. The fourth-order valence-electron chi connectivity index (χ4n) is 12.0. The minimum atomic E-state index is -1.93. The lowest BCUT2D eigenvalue weighted by molar-refractivity contribution is -0.165. The van der Waals surface area contributed by atoms with Gasteiger partial charge in [-0.25, -0.2) is 9.46 Å². The molecule has 3 fully saturated rings. The molecule has 1 N–H and O–H groups in total. The van der Waals surface area contributed by atoms with Crippen molar-refractivity contribution in [1.29, 1.82) is 5.26 Å². The number of nitrogens with zero attached hydrogens (tertiary/aromatic N) is 3. The van der Waals surface area contributed by atoms with Crippen molar-refractivity contribution < 1.29 is 37.5 Å². The van der Waals surface area contributed by atoms with Gasteiger partial charge in [0.25, 0.3) is 14.1 Å². The lowest BCUT2D eigenvalue weighted by atomic mass is 9.79. The van der Waals surface area contributed by atoms with Gasteiger partial charge >= 0.3 is 11.7 Å². The number of rotatable bonds is 33. The van der Waals surface area contributed by atoms with Crippen molar-refractivity contribution in [1.82, 2.24) is 14.2 Å². The molecule has 2 heterocycles. The van der Waals surface area contributed by atoms with Gasteiger partial charge in [0.05, 0.1) is 46.3 Å². The van der Waals surface area contributed by atoms with Crippen LogP contribution in [0.25, 0.3) is 0 Å². The van der Waals surface area contributed by atoms with Crippen LogP contribution in [0.5, 0.6) is 11.5 Å². The van der Waals surface area contributed by atoms with Crippen LogP contribution in [0, 0.1) is 30.1 Å². The summed E-state index contributed by atoms with van der Waals surface area (Å²) >= 11 is 0. The molecular weight excluding hydrogens is 980 g/mol.